The van der Waals surface area contributed by atoms with Gasteiger partial charge in [0, 0.05) is 22.8 Å². The number of sulfonamides is 1. The summed E-state index contributed by atoms with van der Waals surface area (Å²) in [6.45, 7) is 1.83. The van der Waals surface area contributed by atoms with Crippen molar-refractivity contribution in [1.82, 2.24) is 4.98 Å². The number of nitrogens with zero attached hydrogens (tertiary/aromatic N) is 1. The van der Waals surface area contributed by atoms with Crippen molar-refractivity contribution in [2.75, 3.05) is 4.72 Å². The molecule has 1 N–H and O–H groups in total. The minimum Gasteiger partial charge on any atom is -0.457 e. The van der Waals surface area contributed by atoms with E-state index in [0.717, 1.165) is 5.69 Å². The Balaban J connectivity index is 1.58. The molecule has 0 saturated heterocycles. The van der Waals surface area contributed by atoms with E-state index < -0.39 is 10.0 Å². The molecule has 0 amide bonds. The van der Waals surface area contributed by atoms with Crippen molar-refractivity contribution in [2.45, 2.75) is 11.8 Å². The minimum absolute atomic E-state index is 0.182. The van der Waals surface area contributed by atoms with Gasteiger partial charge >= 0.3 is 0 Å². The molecule has 1 heterocycles. The molecule has 0 fully saturated rings. The average Bonchev–Trinajstić information content (AvgIpc) is 2.70. The Bertz CT molecular complexity index is 1270. The minimum atomic E-state index is -3.67. The van der Waals surface area contributed by atoms with E-state index in [0.29, 0.717) is 28.1 Å². The molecule has 0 saturated carbocycles. The largest absolute Gasteiger partial charge is 0.457 e. The van der Waals surface area contributed by atoms with Gasteiger partial charge in [-0.3, -0.25) is 9.71 Å². The quantitative estimate of drug-likeness (QED) is 0.488. The molecule has 3 aromatic carbocycles. The number of anilines is 1. The van der Waals surface area contributed by atoms with E-state index in [1.54, 1.807) is 54.6 Å². The lowest BCUT2D eigenvalue weighted by Crippen LogP contribution is -2.12. The molecular weight excluding hydrogens is 391 g/mol. The van der Waals surface area contributed by atoms with E-state index in [9.17, 15) is 12.8 Å². The van der Waals surface area contributed by atoms with Crippen LogP contribution in [0.2, 0.25) is 0 Å². The molecule has 1 aromatic heterocycles. The second kappa shape index (κ2) is 7.52. The van der Waals surface area contributed by atoms with Crippen molar-refractivity contribution in [3.05, 3.63) is 90.4 Å². The number of pyridine rings is 1. The van der Waals surface area contributed by atoms with Crippen LogP contribution in [0.15, 0.2) is 83.8 Å². The van der Waals surface area contributed by atoms with Gasteiger partial charge in [-0.2, -0.15) is 0 Å². The predicted molar refractivity (Wildman–Crippen MR) is 110 cm³/mol. The molecule has 0 atom stereocenters. The Hall–Kier alpha value is -3.45. The van der Waals surface area contributed by atoms with Gasteiger partial charge in [-0.25, -0.2) is 12.8 Å². The third-order valence-electron chi connectivity index (χ3n) is 4.25. The standard InChI is InChI=1S/C22H17FN2O3S/c1-15-13-22(20-14-16(23)7-12-21(20)24-15)28-18-10-8-17(9-11-18)25-29(26,27)19-5-3-2-4-6-19/h2-14,25H,1H3. The summed E-state index contributed by atoms with van der Waals surface area (Å²) in [4.78, 5) is 4.56. The van der Waals surface area contributed by atoms with Crippen LogP contribution in [0, 0.1) is 12.7 Å². The molecule has 0 unspecified atom stereocenters. The molecular formula is C22H17FN2O3S. The van der Waals surface area contributed by atoms with Crippen LogP contribution in [0.5, 0.6) is 11.5 Å². The molecule has 0 aliphatic heterocycles. The van der Waals surface area contributed by atoms with Crippen LogP contribution in [-0.2, 0) is 10.0 Å². The second-order valence-corrected chi connectivity index (χ2v) is 8.15. The van der Waals surface area contributed by atoms with Crippen molar-refractivity contribution < 1.29 is 17.5 Å². The average molecular weight is 408 g/mol. The molecule has 4 aromatic rings. The summed E-state index contributed by atoms with van der Waals surface area (Å²) in [5.41, 5.74) is 1.78. The maximum atomic E-state index is 13.7. The SMILES string of the molecule is Cc1cc(Oc2ccc(NS(=O)(=O)c3ccccc3)cc2)c2cc(F)ccc2n1. The van der Waals surface area contributed by atoms with E-state index in [-0.39, 0.29) is 10.7 Å². The first kappa shape index (κ1) is 18.9. The van der Waals surface area contributed by atoms with Crippen LogP contribution in [0.25, 0.3) is 10.9 Å². The Kier molecular flexibility index (Phi) is 4.90. The van der Waals surface area contributed by atoms with Crippen LogP contribution in [0.4, 0.5) is 10.1 Å². The highest BCUT2D eigenvalue weighted by atomic mass is 32.2. The number of hydrogen-bond donors (Lipinski definition) is 1. The first-order chi connectivity index (χ1) is 13.9. The zero-order valence-corrected chi connectivity index (χ0v) is 16.3. The van der Waals surface area contributed by atoms with Crippen molar-refractivity contribution >= 4 is 26.6 Å². The topological polar surface area (TPSA) is 68.3 Å². The zero-order chi connectivity index (χ0) is 20.4. The molecule has 0 spiro atoms. The van der Waals surface area contributed by atoms with E-state index in [1.165, 1.54) is 24.3 Å². The Labute approximate surface area is 167 Å². The summed E-state index contributed by atoms with van der Waals surface area (Å²) in [5, 5.41) is 0.560. The molecule has 0 aliphatic rings. The number of hydrogen-bond acceptors (Lipinski definition) is 4. The van der Waals surface area contributed by atoms with Crippen molar-refractivity contribution in [3.8, 4) is 11.5 Å². The lowest BCUT2D eigenvalue weighted by atomic mass is 10.2. The number of benzene rings is 3. The molecule has 0 radical (unpaired) electrons. The van der Waals surface area contributed by atoms with Gasteiger partial charge in [-0.15, -0.1) is 0 Å². The second-order valence-electron chi connectivity index (χ2n) is 6.47. The lowest BCUT2D eigenvalue weighted by Gasteiger charge is -2.12. The third-order valence-corrected chi connectivity index (χ3v) is 5.65. The Morgan fingerprint density at radius 1 is 0.931 bits per heavy atom. The van der Waals surface area contributed by atoms with E-state index >= 15 is 0 Å². The number of rotatable bonds is 5. The van der Waals surface area contributed by atoms with Crippen molar-refractivity contribution in [1.29, 1.82) is 0 Å². The van der Waals surface area contributed by atoms with Gasteiger partial charge in [0.25, 0.3) is 10.0 Å². The van der Waals surface area contributed by atoms with Crippen molar-refractivity contribution in [3.63, 3.8) is 0 Å². The number of aromatic nitrogens is 1. The van der Waals surface area contributed by atoms with Gasteiger partial charge in [-0.05, 0) is 61.5 Å². The van der Waals surface area contributed by atoms with Gasteiger partial charge in [0.05, 0.1) is 10.4 Å². The zero-order valence-electron chi connectivity index (χ0n) is 15.5. The highest BCUT2D eigenvalue weighted by Crippen LogP contribution is 2.31. The molecule has 5 nitrogen and oxygen atoms in total. The monoisotopic (exact) mass is 408 g/mol. The molecule has 0 bridgehead atoms. The lowest BCUT2D eigenvalue weighted by molar-refractivity contribution is 0.487. The summed E-state index contributed by atoms with van der Waals surface area (Å²) < 4.78 is 46.9. The number of halogens is 1. The molecule has 0 aliphatic carbocycles. The van der Waals surface area contributed by atoms with Gasteiger partial charge < -0.3 is 4.74 Å². The van der Waals surface area contributed by atoms with Crippen molar-refractivity contribution in [2.24, 2.45) is 0 Å². The van der Waals surface area contributed by atoms with E-state index in [2.05, 4.69) is 9.71 Å². The predicted octanol–water partition coefficient (Wildman–Crippen LogP) is 5.28. The number of fused-ring (bicyclic) bond motifs is 1. The van der Waals surface area contributed by atoms with E-state index in [4.69, 9.17) is 4.74 Å². The smallest absolute Gasteiger partial charge is 0.261 e. The molecule has 7 heteroatoms. The van der Waals surface area contributed by atoms with Gasteiger partial charge in [0.2, 0.25) is 0 Å². The highest BCUT2D eigenvalue weighted by molar-refractivity contribution is 7.92. The fraction of sp³-hybridized carbons (Fsp3) is 0.0455. The van der Waals surface area contributed by atoms with Crippen LogP contribution in [0.1, 0.15) is 5.69 Å². The number of ether oxygens (including phenoxy) is 1. The molecule has 146 valence electrons. The summed E-state index contributed by atoms with van der Waals surface area (Å²) in [6.07, 6.45) is 0. The first-order valence-corrected chi connectivity index (χ1v) is 10.3. The highest BCUT2D eigenvalue weighted by Gasteiger charge is 2.13. The fourth-order valence-electron chi connectivity index (χ4n) is 2.91. The van der Waals surface area contributed by atoms with Crippen LogP contribution < -0.4 is 9.46 Å². The third kappa shape index (κ3) is 4.20. The van der Waals surface area contributed by atoms with Crippen LogP contribution >= 0.6 is 0 Å². The van der Waals surface area contributed by atoms with Gasteiger partial charge in [-0.1, -0.05) is 18.2 Å². The van der Waals surface area contributed by atoms with Gasteiger partial charge in [0.1, 0.15) is 17.3 Å². The maximum Gasteiger partial charge on any atom is 0.261 e. The Morgan fingerprint density at radius 3 is 2.38 bits per heavy atom. The normalized spacial score (nSPS) is 11.4. The van der Waals surface area contributed by atoms with Crippen LogP contribution in [0.3, 0.4) is 0 Å². The van der Waals surface area contributed by atoms with Gasteiger partial charge in [0.15, 0.2) is 0 Å². The molecule has 4 rings (SSSR count). The summed E-state index contributed by atoms with van der Waals surface area (Å²) in [7, 11) is -3.67. The van der Waals surface area contributed by atoms with E-state index in [1.807, 2.05) is 6.92 Å². The maximum absolute atomic E-state index is 13.7. The summed E-state index contributed by atoms with van der Waals surface area (Å²) in [5.74, 6) is 0.590. The number of aryl methyl sites for hydroxylation is 1. The molecule has 29 heavy (non-hydrogen) atoms. The summed E-state index contributed by atoms with van der Waals surface area (Å²) >= 11 is 0. The number of nitrogens with one attached hydrogen (secondary N) is 1. The fourth-order valence-corrected chi connectivity index (χ4v) is 3.99. The van der Waals surface area contributed by atoms with Crippen LogP contribution in [-0.4, -0.2) is 13.4 Å². The first-order valence-electron chi connectivity index (χ1n) is 8.83. The summed E-state index contributed by atoms with van der Waals surface area (Å²) in [6, 6.07) is 20.7. The Morgan fingerprint density at radius 2 is 1.66 bits per heavy atom.